The summed E-state index contributed by atoms with van der Waals surface area (Å²) < 4.78 is 5.56. The van der Waals surface area contributed by atoms with Crippen LogP contribution in [0.1, 0.15) is 46.5 Å². The molecule has 0 heterocycles. The maximum Gasteiger partial charge on any atom is 0.302 e. The average Bonchev–Trinajstić information content (AvgIpc) is 2.79. The van der Waals surface area contributed by atoms with Crippen LogP contribution < -0.4 is 5.73 Å². The number of fused-ring (bicyclic) bond motifs is 5. The number of ketones is 1. The van der Waals surface area contributed by atoms with E-state index in [1.807, 2.05) is 0 Å². The maximum atomic E-state index is 11.9. The van der Waals surface area contributed by atoms with Gasteiger partial charge in [-0.3, -0.25) is 9.59 Å². The molecule has 0 spiro atoms. The van der Waals surface area contributed by atoms with Gasteiger partial charge in [-0.2, -0.15) is 0 Å². The van der Waals surface area contributed by atoms with Crippen LogP contribution >= 0.6 is 0 Å². The Morgan fingerprint density at radius 2 is 2.04 bits per heavy atom. The zero-order chi connectivity index (χ0) is 18.0. The Morgan fingerprint density at radius 1 is 1.28 bits per heavy atom. The first-order valence-corrected chi connectivity index (χ1v) is 9.59. The van der Waals surface area contributed by atoms with Crippen LogP contribution in [0.5, 0.6) is 0 Å². The summed E-state index contributed by atoms with van der Waals surface area (Å²) in [4.78, 5) is 23.3. The fourth-order valence-electron chi connectivity index (χ4n) is 6.39. The van der Waals surface area contributed by atoms with Crippen molar-refractivity contribution < 1.29 is 14.3 Å². The predicted molar refractivity (Wildman–Crippen MR) is 95.5 cm³/mol. The van der Waals surface area contributed by atoms with Gasteiger partial charge in [0.1, 0.15) is 6.10 Å². The number of ether oxygens (including phenoxy) is 1. The zero-order valence-electron chi connectivity index (χ0n) is 15.4. The molecular weight excluding hydrogens is 314 g/mol. The van der Waals surface area contributed by atoms with E-state index < -0.39 is 0 Å². The summed E-state index contributed by atoms with van der Waals surface area (Å²) in [7, 11) is 0. The fraction of sp³-hybridized carbons (Fsp3) is 0.714. The standard InChI is InChI=1S/C21H29NO3/c1-12(23)25-18-11-17-15-5-4-13-10-14(24)6-8-20(13,2)16(15)7-9-21(17,3)19(18)22/h4-6,8,13,15-19H,7,9-11,22H2,1-3H3/t13-,15-,16+,17+,18-,19+,20+,21+/m1/s1. The minimum atomic E-state index is -0.237. The van der Waals surface area contributed by atoms with Gasteiger partial charge in [0.2, 0.25) is 0 Å². The summed E-state index contributed by atoms with van der Waals surface area (Å²) in [6.45, 7) is 6.07. The van der Waals surface area contributed by atoms with Gasteiger partial charge in [0.25, 0.3) is 0 Å². The van der Waals surface area contributed by atoms with E-state index in [0.717, 1.165) is 19.3 Å². The first kappa shape index (κ1) is 17.0. The Morgan fingerprint density at radius 3 is 2.76 bits per heavy atom. The van der Waals surface area contributed by atoms with Crippen molar-refractivity contribution in [1.29, 1.82) is 0 Å². The molecule has 2 saturated carbocycles. The lowest BCUT2D eigenvalue weighted by Crippen LogP contribution is -2.53. The highest BCUT2D eigenvalue weighted by atomic mass is 16.5. The molecule has 2 fully saturated rings. The van der Waals surface area contributed by atoms with Crippen molar-refractivity contribution in [2.45, 2.75) is 58.6 Å². The molecule has 4 aliphatic rings. The second-order valence-corrected chi connectivity index (χ2v) is 9.11. The molecule has 0 unspecified atom stereocenters. The highest BCUT2D eigenvalue weighted by Crippen LogP contribution is 2.63. The van der Waals surface area contributed by atoms with Gasteiger partial charge in [0.05, 0.1) is 0 Å². The molecule has 0 aromatic heterocycles. The molecule has 0 amide bonds. The van der Waals surface area contributed by atoms with Crippen LogP contribution in [0.4, 0.5) is 0 Å². The van der Waals surface area contributed by atoms with Crippen LogP contribution in [-0.4, -0.2) is 23.9 Å². The van der Waals surface area contributed by atoms with E-state index in [9.17, 15) is 9.59 Å². The fourth-order valence-corrected chi connectivity index (χ4v) is 6.39. The molecule has 0 radical (unpaired) electrons. The van der Waals surface area contributed by atoms with Gasteiger partial charge in [-0.1, -0.05) is 32.1 Å². The Labute approximate surface area is 149 Å². The van der Waals surface area contributed by atoms with Crippen molar-refractivity contribution in [1.82, 2.24) is 0 Å². The molecule has 0 aromatic rings. The number of hydrogen-bond donors (Lipinski definition) is 1. The monoisotopic (exact) mass is 343 g/mol. The third-order valence-corrected chi connectivity index (χ3v) is 7.95. The molecule has 0 saturated heterocycles. The molecular formula is C21H29NO3. The van der Waals surface area contributed by atoms with Crippen LogP contribution in [0, 0.1) is 34.5 Å². The van der Waals surface area contributed by atoms with Gasteiger partial charge in [0.15, 0.2) is 5.78 Å². The highest BCUT2D eigenvalue weighted by molar-refractivity contribution is 5.91. The van der Waals surface area contributed by atoms with Crippen molar-refractivity contribution in [3.05, 3.63) is 24.3 Å². The molecule has 136 valence electrons. The highest BCUT2D eigenvalue weighted by Gasteiger charge is 2.60. The summed E-state index contributed by atoms with van der Waals surface area (Å²) in [5.41, 5.74) is 6.63. The molecule has 2 N–H and O–H groups in total. The second kappa shape index (κ2) is 5.54. The maximum absolute atomic E-state index is 11.9. The zero-order valence-corrected chi connectivity index (χ0v) is 15.4. The van der Waals surface area contributed by atoms with E-state index >= 15 is 0 Å². The van der Waals surface area contributed by atoms with E-state index in [1.54, 1.807) is 6.08 Å². The second-order valence-electron chi connectivity index (χ2n) is 9.11. The molecule has 4 heteroatoms. The van der Waals surface area contributed by atoms with Gasteiger partial charge >= 0.3 is 5.97 Å². The summed E-state index contributed by atoms with van der Waals surface area (Å²) in [5.74, 6) is 1.74. The first-order valence-electron chi connectivity index (χ1n) is 9.59. The Bertz CT molecular complexity index is 668. The number of allylic oxidation sites excluding steroid dienone is 4. The van der Waals surface area contributed by atoms with Gasteiger partial charge in [-0.25, -0.2) is 0 Å². The molecule has 4 rings (SSSR count). The molecule has 0 aromatic carbocycles. The Hall–Kier alpha value is -1.42. The van der Waals surface area contributed by atoms with Crippen molar-refractivity contribution in [3.63, 3.8) is 0 Å². The molecule has 4 nitrogen and oxygen atoms in total. The van der Waals surface area contributed by atoms with Crippen molar-refractivity contribution in [2.75, 3.05) is 0 Å². The normalized spacial score (nSPS) is 50.8. The van der Waals surface area contributed by atoms with Gasteiger partial charge < -0.3 is 10.5 Å². The van der Waals surface area contributed by atoms with Crippen LogP contribution in [0.15, 0.2) is 24.3 Å². The smallest absolute Gasteiger partial charge is 0.302 e. The van der Waals surface area contributed by atoms with Crippen molar-refractivity contribution >= 4 is 11.8 Å². The first-order chi connectivity index (χ1) is 11.8. The van der Waals surface area contributed by atoms with E-state index in [4.69, 9.17) is 10.5 Å². The summed E-state index contributed by atoms with van der Waals surface area (Å²) in [6.07, 6.45) is 12.1. The molecule has 4 aliphatic carbocycles. The average molecular weight is 343 g/mol. The minimum absolute atomic E-state index is 0.0169. The van der Waals surface area contributed by atoms with Crippen LogP contribution in [0.25, 0.3) is 0 Å². The van der Waals surface area contributed by atoms with E-state index in [2.05, 4.69) is 32.1 Å². The topological polar surface area (TPSA) is 69.4 Å². The third kappa shape index (κ3) is 2.37. The lowest BCUT2D eigenvalue weighted by Gasteiger charge is -2.56. The lowest BCUT2D eigenvalue weighted by molar-refractivity contribution is -0.147. The molecule has 0 aliphatic heterocycles. The number of carbonyl (C=O) groups is 2. The predicted octanol–water partition coefficient (Wildman–Crippen LogP) is 3.02. The third-order valence-electron chi connectivity index (χ3n) is 7.95. The van der Waals surface area contributed by atoms with Crippen LogP contribution in [0.3, 0.4) is 0 Å². The molecule has 0 bridgehead atoms. The van der Waals surface area contributed by atoms with Crippen molar-refractivity contribution in [3.8, 4) is 0 Å². The SMILES string of the molecule is CC(=O)O[C@@H]1C[C@H]2[C@@H]3C=C[C@@H]4CC(=O)C=C[C@]4(C)[C@H]3CC[C@]2(C)[C@H]1N. The van der Waals surface area contributed by atoms with Gasteiger partial charge in [-0.05, 0) is 59.8 Å². The summed E-state index contributed by atoms with van der Waals surface area (Å²) in [5, 5.41) is 0. The molecule has 8 atom stereocenters. The van der Waals surface area contributed by atoms with E-state index in [1.165, 1.54) is 6.92 Å². The van der Waals surface area contributed by atoms with E-state index in [0.29, 0.717) is 30.1 Å². The van der Waals surface area contributed by atoms with Crippen LogP contribution in [-0.2, 0) is 14.3 Å². The largest absolute Gasteiger partial charge is 0.461 e. The number of nitrogens with two attached hydrogens (primary N) is 1. The summed E-state index contributed by atoms with van der Waals surface area (Å²) in [6, 6.07) is -0.0928. The number of hydrogen-bond acceptors (Lipinski definition) is 4. The minimum Gasteiger partial charge on any atom is -0.461 e. The van der Waals surface area contributed by atoms with E-state index in [-0.39, 0.29) is 34.7 Å². The number of esters is 1. The Balaban J connectivity index is 1.67. The van der Waals surface area contributed by atoms with Crippen LogP contribution in [0.2, 0.25) is 0 Å². The molecule has 25 heavy (non-hydrogen) atoms. The van der Waals surface area contributed by atoms with Crippen molar-refractivity contribution in [2.24, 2.45) is 40.2 Å². The number of rotatable bonds is 1. The van der Waals surface area contributed by atoms with Gasteiger partial charge in [0, 0.05) is 19.4 Å². The Kier molecular flexibility index (Phi) is 3.77. The quantitative estimate of drug-likeness (QED) is 0.587. The summed E-state index contributed by atoms with van der Waals surface area (Å²) >= 11 is 0. The van der Waals surface area contributed by atoms with Gasteiger partial charge in [-0.15, -0.1) is 0 Å². The number of carbonyl (C=O) groups excluding carboxylic acids is 2. The lowest BCUT2D eigenvalue weighted by atomic mass is 9.48.